The highest BCUT2D eigenvalue weighted by atomic mass is 19.1. The number of hydrogen-bond donors (Lipinski definition) is 1. The van der Waals surface area contributed by atoms with Gasteiger partial charge >= 0.3 is 0 Å². The summed E-state index contributed by atoms with van der Waals surface area (Å²) in [6, 6.07) is 20.6. The first-order valence-corrected chi connectivity index (χ1v) is 7.72. The third-order valence-corrected chi connectivity index (χ3v) is 4.34. The van der Waals surface area contributed by atoms with E-state index in [2.05, 4.69) is 0 Å². The van der Waals surface area contributed by atoms with Gasteiger partial charge in [0.15, 0.2) is 0 Å². The molecule has 0 aliphatic carbocycles. The molecule has 0 aromatic heterocycles. The quantitative estimate of drug-likeness (QED) is 0.397. The van der Waals surface area contributed by atoms with Gasteiger partial charge in [-0.15, -0.1) is 0 Å². The number of halogens is 1. The van der Waals surface area contributed by atoms with Crippen LogP contribution in [-0.4, -0.2) is 7.11 Å². The Kier molecular flexibility index (Phi) is 3.35. The van der Waals surface area contributed by atoms with Crippen LogP contribution in [0.2, 0.25) is 0 Å². The maximum Gasteiger partial charge on any atom is 0.134 e. The Bertz CT molecular complexity index is 1070. The van der Waals surface area contributed by atoms with Gasteiger partial charge in [-0.1, -0.05) is 30.3 Å². The number of nitrogens with two attached hydrogens (primary N) is 1. The molecule has 24 heavy (non-hydrogen) atoms. The predicted molar refractivity (Wildman–Crippen MR) is 97.8 cm³/mol. The third kappa shape index (κ3) is 2.26. The molecule has 4 rings (SSSR count). The molecule has 0 saturated heterocycles. The van der Waals surface area contributed by atoms with Crippen molar-refractivity contribution < 1.29 is 9.13 Å². The van der Waals surface area contributed by atoms with Crippen molar-refractivity contribution in [2.75, 3.05) is 12.8 Å². The summed E-state index contributed by atoms with van der Waals surface area (Å²) in [4.78, 5) is 0. The van der Waals surface area contributed by atoms with Crippen molar-refractivity contribution >= 4 is 27.2 Å². The van der Waals surface area contributed by atoms with Gasteiger partial charge in [-0.2, -0.15) is 0 Å². The summed E-state index contributed by atoms with van der Waals surface area (Å²) >= 11 is 0. The lowest BCUT2D eigenvalue weighted by molar-refractivity contribution is 0.421. The average molecular weight is 317 g/mol. The van der Waals surface area contributed by atoms with Crippen LogP contribution < -0.4 is 10.5 Å². The van der Waals surface area contributed by atoms with E-state index < -0.39 is 0 Å². The first-order chi connectivity index (χ1) is 11.7. The molecule has 0 amide bonds. The minimum absolute atomic E-state index is 0.234. The summed E-state index contributed by atoms with van der Waals surface area (Å²) in [5.41, 5.74) is 8.73. The zero-order valence-electron chi connectivity index (χ0n) is 13.2. The Labute approximate surface area is 139 Å². The Morgan fingerprint density at radius 2 is 1.58 bits per heavy atom. The van der Waals surface area contributed by atoms with E-state index in [0.29, 0.717) is 5.69 Å². The summed E-state index contributed by atoms with van der Waals surface area (Å²) in [5.74, 6) is 0.541. The number of anilines is 1. The second-order valence-corrected chi connectivity index (χ2v) is 5.80. The molecular formula is C21H16FNO. The van der Waals surface area contributed by atoms with Crippen molar-refractivity contribution in [3.63, 3.8) is 0 Å². The molecule has 0 saturated carbocycles. The predicted octanol–water partition coefficient (Wildman–Crippen LogP) is 5.39. The van der Waals surface area contributed by atoms with Crippen LogP contribution in [0.25, 0.3) is 32.7 Å². The Morgan fingerprint density at radius 3 is 2.38 bits per heavy atom. The fourth-order valence-electron chi connectivity index (χ4n) is 3.19. The van der Waals surface area contributed by atoms with Gasteiger partial charge in [0.25, 0.3) is 0 Å². The molecule has 4 aromatic rings. The second kappa shape index (κ2) is 5.53. The lowest BCUT2D eigenvalue weighted by atomic mass is 9.96. The van der Waals surface area contributed by atoms with Gasteiger partial charge in [0.2, 0.25) is 0 Å². The molecule has 0 heterocycles. The lowest BCUT2D eigenvalue weighted by Crippen LogP contribution is -1.94. The highest BCUT2D eigenvalue weighted by Crippen LogP contribution is 2.40. The van der Waals surface area contributed by atoms with Crippen LogP contribution in [-0.2, 0) is 0 Å². The number of hydrogen-bond acceptors (Lipinski definition) is 2. The van der Waals surface area contributed by atoms with Crippen molar-refractivity contribution in [1.29, 1.82) is 0 Å². The van der Waals surface area contributed by atoms with Gasteiger partial charge in [0.1, 0.15) is 11.6 Å². The summed E-state index contributed by atoms with van der Waals surface area (Å²) in [6.07, 6.45) is 0. The first kappa shape index (κ1) is 14.5. The molecule has 3 heteroatoms. The van der Waals surface area contributed by atoms with Crippen LogP contribution >= 0.6 is 0 Å². The second-order valence-electron chi connectivity index (χ2n) is 5.80. The minimum Gasteiger partial charge on any atom is -0.495 e. The molecule has 0 radical (unpaired) electrons. The number of nitrogen functional groups attached to an aromatic ring is 1. The maximum atomic E-state index is 13.5. The molecule has 0 bridgehead atoms. The number of fused-ring (bicyclic) bond motifs is 2. The van der Waals surface area contributed by atoms with Gasteiger partial charge in [-0.3, -0.25) is 0 Å². The number of benzene rings is 4. The van der Waals surface area contributed by atoms with Gasteiger partial charge in [-0.25, -0.2) is 4.39 Å². The monoisotopic (exact) mass is 317 g/mol. The van der Waals surface area contributed by atoms with Gasteiger partial charge in [0.05, 0.1) is 7.11 Å². The van der Waals surface area contributed by atoms with Crippen molar-refractivity contribution in [2.45, 2.75) is 0 Å². The first-order valence-electron chi connectivity index (χ1n) is 7.72. The summed E-state index contributed by atoms with van der Waals surface area (Å²) in [5, 5.41) is 3.83. The van der Waals surface area contributed by atoms with Crippen molar-refractivity contribution in [3.05, 3.63) is 72.5 Å². The van der Waals surface area contributed by atoms with E-state index in [1.807, 2.05) is 48.5 Å². The molecule has 0 unspecified atom stereocenters. The van der Waals surface area contributed by atoms with Crippen molar-refractivity contribution in [2.24, 2.45) is 0 Å². The van der Waals surface area contributed by atoms with Crippen LogP contribution in [0, 0.1) is 5.82 Å². The van der Waals surface area contributed by atoms with Crippen LogP contribution in [0.5, 0.6) is 5.75 Å². The van der Waals surface area contributed by atoms with E-state index in [-0.39, 0.29) is 5.82 Å². The molecule has 0 fully saturated rings. The number of para-hydroxylation sites is 1. The Morgan fingerprint density at radius 1 is 0.792 bits per heavy atom. The van der Waals surface area contributed by atoms with Gasteiger partial charge in [-0.05, 0) is 52.6 Å². The molecule has 0 aliphatic rings. The third-order valence-electron chi connectivity index (χ3n) is 4.34. The Hall–Kier alpha value is -3.07. The van der Waals surface area contributed by atoms with Crippen molar-refractivity contribution in [1.82, 2.24) is 0 Å². The van der Waals surface area contributed by atoms with Crippen LogP contribution in [0.1, 0.15) is 0 Å². The van der Waals surface area contributed by atoms with Crippen LogP contribution in [0.4, 0.5) is 10.1 Å². The molecule has 0 aliphatic heterocycles. The Balaban J connectivity index is 2.05. The molecule has 2 N–H and O–H groups in total. The summed E-state index contributed by atoms with van der Waals surface area (Å²) in [6.45, 7) is 0. The number of ether oxygens (including phenoxy) is 1. The zero-order chi connectivity index (χ0) is 16.7. The van der Waals surface area contributed by atoms with Crippen molar-refractivity contribution in [3.8, 4) is 16.9 Å². The zero-order valence-corrected chi connectivity index (χ0v) is 13.2. The van der Waals surface area contributed by atoms with E-state index in [9.17, 15) is 4.39 Å². The van der Waals surface area contributed by atoms with E-state index in [1.54, 1.807) is 19.2 Å². The average Bonchev–Trinajstić information content (AvgIpc) is 2.59. The fourth-order valence-corrected chi connectivity index (χ4v) is 3.19. The molecule has 2 nitrogen and oxygen atoms in total. The topological polar surface area (TPSA) is 35.2 Å². The molecule has 0 spiro atoms. The normalized spacial score (nSPS) is 11.1. The molecular weight excluding hydrogens is 301 g/mol. The SMILES string of the molecule is COc1c(-c2ccccc2N)ccc2cc3cc(F)ccc3cc12. The fraction of sp³-hybridized carbons (Fsp3) is 0.0476. The lowest BCUT2D eigenvalue weighted by Gasteiger charge is -2.14. The minimum atomic E-state index is -0.234. The van der Waals surface area contributed by atoms with E-state index in [4.69, 9.17) is 10.5 Å². The molecule has 118 valence electrons. The standard InChI is InChI=1S/C21H16FNO/c1-24-21-18(17-4-2-3-5-20(17)23)9-7-14-10-15-11-16(22)8-6-13(15)12-19(14)21/h2-12H,23H2,1H3. The highest BCUT2D eigenvalue weighted by molar-refractivity contribution is 6.04. The smallest absolute Gasteiger partial charge is 0.134 e. The molecule has 0 atom stereocenters. The maximum absolute atomic E-state index is 13.5. The largest absolute Gasteiger partial charge is 0.495 e. The van der Waals surface area contributed by atoms with Crippen LogP contribution in [0.3, 0.4) is 0 Å². The highest BCUT2D eigenvalue weighted by Gasteiger charge is 2.13. The van der Waals surface area contributed by atoms with Crippen LogP contribution in [0.15, 0.2) is 66.7 Å². The summed E-state index contributed by atoms with van der Waals surface area (Å²) in [7, 11) is 1.66. The molecule has 4 aromatic carbocycles. The van der Waals surface area contributed by atoms with Gasteiger partial charge < -0.3 is 10.5 Å². The van der Waals surface area contributed by atoms with E-state index in [1.165, 1.54) is 6.07 Å². The van der Waals surface area contributed by atoms with E-state index in [0.717, 1.165) is 38.4 Å². The number of methoxy groups -OCH3 is 1. The van der Waals surface area contributed by atoms with E-state index >= 15 is 0 Å². The number of rotatable bonds is 2. The summed E-state index contributed by atoms with van der Waals surface area (Å²) < 4.78 is 19.2. The van der Waals surface area contributed by atoms with Gasteiger partial charge in [0, 0.05) is 22.2 Å².